The van der Waals surface area contributed by atoms with E-state index in [0.717, 1.165) is 19.3 Å². The van der Waals surface area contributed by atoms with E-state index in [4.69, 9.17) is 0 Å². The van der Waals surface area contributed by atoms with Crippen LogP contribution in [0.5, 0.6) is 0 Å². The van der Waals surface area contributed by atoms with Crippen molar-refractivity contribution in [1.29, 1.82) is 0 Å². The molecular weight excluding hydrogens is 150 g/mol. The van der Waals surface area contributed by atoms with Crippen LogP contribution in [0.15, 0.2) is 0 Å². The fourth-order valence-electron chi connectivity index (χ4n) is 0.972. The summed E-state index contributed by atoms with van der Waals surface area (Å²) in [6, 6.07) is 0.363. The smallest absolute Gasteiger partial charge is 0.222 e. The second kappa shape index (κ2) is 6.04. The van der Waals surface area contributed by atoms with Crippen molar-refractivity contribution < 1.29 is 4.79 Å². The zero-order valence-electron chi connectivity index (χ0n) is 8.47. The van der Waals surface area contributed by atoms with Crippen LogP contribution in [-0.4, -0.2) is 23.9 Å². The molecule has 0 saturated carbocycles. The monoisotopic (exact) mass is 170 g/mol. The van der Waals surface area contributed by atoms with E-state index in [1.807, 2.05) is 11.9 Å². The lowest BCUT2D eigenvalue weighted by molar-refractivity contribution is -0.131. The van der Waals surface area contributed by atoms with Crippen molar-refractivity contribution >= 4 is 5.91 Å². The van der Waals surface area contributed by atoms with Gasteiger partial charge in [0.25, 0.3) is 0 Å². The molecule has 0 aliphatic heterocycles. The molecule has 0 spiro atoms. The van der Waals surface area contributed by atoms with Crippen LogP contribution < -0.4 is 0 Å². The number of amides is 1. The Morgan fingerprint density at radius 2 is 2.17 bits per heavy atom. The van der Waals surface area contributed by atoms with Gasteiger partial charge in [0, 0.05) is 19.5 Å². The van der Waals surface area contributed by atoms with Crippen molar-refractivity contribution in [3.8, 4) is 0 Å². The first-order valence-corrected chi connectivity index (χ1v) is 4.68. The fourth-order valence-corrected chi connectivity index (χ4v) is 0.972. The Bertz CT molecular complexity index is 134. The number of unbranched alkanes of at least 4 members (excludes halogenated alkanes) is 1. The van der Waals surface area contributed by atoms with Gasteiger partial charge in [-0.25, -0.2) is 0 Å². The highest BCUT2D eigenvalue weighted by molar-refractivity contribution is 5.76. The molecule has 2 heteroatoms. The summed E-state index contributed by atoms with van der Waals surface area (Å²) in [7, 11) is 1.87. The van der Waals surface area contributed by atoms with Crippen molar-refractivity contribution in [1.82, 2.24) is 4.90 Å². The molecule has 1 amide bonds. The van der Waals surface area contributed by atoms with Crippen molar-refractivity contribution in [3.05, 3.63) is 6.92 Å². The van der Waals surface area contributed by atoms with E-state index in [1.54, 1.807) is 0 Å². The molecule has 0 rings (SSSR count). The molecule has 1 unspecified atom stereocenters. The van der Waals surface area contributed by atoms with Crippen molar-refractivity contribution in [2.24, 2.45) is 0 Å². The fraction of sp³-hybridized carbons (Fsp3) is 0.800. The van der Waals surface area contributed by atoms with Gasteiger partial charge in [-0.2, -0.15) is 0 Å². The van der Waals surface area contributed by atoms with Gasteiger partial charge in [0.2, 0.25) is 5.91 Å². The average molecular weight is 170 g/mol. The summed E-state index contributed by atoms with van der Waals surface area (Å²) in [5.74, 6) is 0.244. The van der Waals surface area contributed by atoms with Crippen LogP contribution in [-0.2, 0) is 4.79 Å². The molecule has 12 heavy (non-hydrogen) atoms. The first kappa shape index (κ1) is 11.5. The zero-order chi connectivity index (χ0) is 9.56. The molecule has 0 aromatic rings. The second-order valence-electron chi connectivity index (χ2n) is 3.22. The summed E-state index contributed by atoms with van der Waals surface area (Å²) < 4.78 is 0. The lowest BCUT2D eigenvalue weighted by Crippen LogP contribution is -2.34. The normalized spacial score (nSPS) is 12.7. The number of hydrogen-bond acceptors (Lipinski definition) is 1. The maximum atomic E-state index is 11.4. The quantitative estimate of drug-likeness (QED) is 0.619. The summed E-state index contributed by atoms with van der Waals surface area (Å²) in [4.78, 5) is 13.2. The van der Waals surface area contributed by atoms with Gasteiger partial charge < -0.3 is 4.90 Å². The Kier molecular flexibility index (Phi) is 5.77. The minimum absolute atomic E-state index is 0.244. The Morgan fingerprint density at radius 1 is 1.58 bits per heavy atom. The van der Waals surface area contributed by atoms with Crippen molar-refractivity contribution in [2.45, 2.75) is 45.6 Å². The van der Waals surface area contributed by atoms with Gasteiger partial charge in [-0.3, -0.25) is 4.79 Å². The van der Waals surface area contributed by atoms with Crippen molar-refractivity contribution in [3.63, 3.8) is 0 Å². The molecule has 0 aromatic carbocycles. The van der Waals surface area contributed by atoms with Gasteiger partial charge in [0.1, 0.15) is 0 Å². The van der Waals surface area contributed by atoms with E-state index in [0.29, 0.717) is 12.5 Å². The van der Waals surface area contributed by atoms with Gasteiger partial charge >= 0.3 is 0 Å². The summed E-state index contributed by atoms with van der Waals surface area (Å²) in [5.41, 5.74) is 0. The molecule has 0 N–H and O–H groups in total. The Hall–Kier alpha value is -0.530. The van der Waals surface area contributed by atoms with E-state index < -0.39 is 0 Å². The number of carbonyl (C=O) groups excluding carboxylic acids is 1. The zero-order valence-corrected chi connectivity index (χ0v) is 8.47. The molecule has 1 atom stereocenters. The highest BCUT2D eigenvalue weighted by atomic mass is 16.2. The van der Waals surface area contributed by atoms with Crippen LogP contribution in [0.4, 0.5) is 0 Å². The molecule has 1 radical (unpaired) electrons. The Morgan fingerprint density at radius 3 is 2.58 bits per heavy atom. The molecule has 0 bridgehead atoms. The SMILES string of the molecule is [CH2]CCCC(=O)N(C)C(C)CC. The number of nitrogens with zero attached hydrogens (tertiary/aromatic N) is 1. The minimum atomic E-state index is 0.244. The number of rotatable bonds is 5. The molecule has 2 nitrogen and oxygen atoms in total. The van der Waals surface area contributed by atoms with Gasteiger partial charge in [-0.1, -0.05) is 20.3 Å². The van der Waals surface area contributed by atoms with E-state index >= 15 is 0 Å². The largest absolute Gasteiger partial charge is 0.343 e. The average Bonchev–Trinajstić information content (AvgIpc) is 2.11. The predicted octanol–water partition coefficient (Wildman–Crippen LogP) is 2.25. The van der Waals surface area contributed by atoms with E-state index in [9.17, 15) is 4.79 Å². The summed E-state index contributed by atoms with van der Waals surface area (Å²) in [6.45, 7) is 7.88. The lowest BCUT2D eigenvalue weighted by Gasteiger charge is -2.23. The van der Waals surface area contributed by atoms with E-state index in [-0.39, 0.29) is 5.91 Å². The first-order chi connectivity index (χ1) is 5.63. The molecule has 0 aliphatic carbocycles. The van der Waals surface area contributed by atoms with Crippen LogP contribution in [0, 0.1) is 6.92 Å². The third-order valence-corrected chi connectivity index (χ3v) is 2.29. The van der Waals surface area contributed by atoms with E-state index in [2.05, 4.69) is 20.8 Å². The third kappa shape index (κ3) is 3.74. The molecular formula is C10H20NO. The highest BCUT2D eigenvalue weighted by Crippen LogP contribution is 2.04. The third-order valence-electron chi connectivity index (χ3n) is 2.29. The number of carbonyl (C=O) groups is 1. The van der Waals surface area contributed by atoms with Crippen LogP contribution in [0.1, 0.15) is 39.5 Å². The van der Waals surface area contributed by atoms with Gasteiger partial charge in [0.05, 0.1) is 0 Å². The number of hydrogen-bond donors (Lipinski definition) is 0. The van der Waals surface area contributed by atoms with Crippen LogP contribution in [0.2, 0.25) is 0 Å². The molecule has 0 fully saturated rings. The standard InChI is InChI=1S/C10H20NO/c1-5-7-8-10(12)11(4)9(3)6-2/h9H,1,5-8H2,2-4H3. The topological polar surface area (TPSA) is 20.3 Å². The Balaban J connectivity index is 3.75. The van der Waals surface area contributed by atoms with Gasteiger partial charge in [0.15, 0.2) is 0 Å². The van der Waals surface area contributed by atoms with Gasteiger partial charge in [-0.05, 0) is 19.8 Å². The van der Waals surface area contributed by atoms with Gasteiger partial charge in [-0.15, -0.1) is 0 Å². The summed E-state index contributed by atoms with van der Waals surface area (Å²) in [6.07, 6.45) is 3.41. The van der Waals surface area contributed by atoms with Crippen LogP contribution in [0.3, 0.4) is 0 Å². The molecule has 0 aliphatic rings. The summed E-state index contributed by atoms with van der Waals surface area (Å²) >= 11 is 0. The maximum absolute atomic E-state index is 11.4. The molecule has 71 valence electrons. The van der Waals surface area contributed by atoms with Crippen LogP contribution in [0.25, 0.3) is 0 Å². The highest BCUT2D eigenvalue weighted by Gasteiger charge is 2.12. The lowest BCUT2D eigenvalue weighted by atomic mass is 10.2. The Labute approximate surface area is 75.9 Å². The molecule has 0 heterocycles. The molecule has 0 saturated heterocycles. The molecule has 0 aromatic heterocycles. The first-order valence-electron chi connectivity index (χ1n) is 4.68. The van der Waals surface area contributed by atoms with E-state index in [1.165, 1.54) is 0 Å². The predicted molar refractivity (Wildman–Crippen MR) is 51.7 cm³/mol. The van der Waals surface area contributed by atoms with Crippen molar-refractivity contribution in [2.75, 3.05) is 7.05 Å². The van der Waals surface area contributed by atoms with Crippen LogP contribution >= 0.6 is 0 Å². The minimum Gasteiger partial charge on any atom is -0.343 e. The second-order valence-corrected chi connectivity index (χ2v) is 3.22. The maximum Gasteiger partial charge on any atom is 0.222 e. The summed E-state index contributed by atoms with van der Waals surface area (Å²) in [5, 5.41) is 0.